The average Bonchev–Trinajstić information content (AvgIpc) is 2.99. The highest BCUT2D eigenvalue weighted by molar-refractivity contribution is 8.15. The van der Waals surface area contributed by atoms with Crippen LogP contribution in [0.3, 0.4) is 0 Å². The lowest BCUT2D eigenvalue weighted by Gasteiger charge is -2.14. The van der Waals surface area contributed by atoms with E-state index in [1.165, 1.54) is 40.9 Å². The molecule has 0 aliphatic carbocycles. The van der Waals surface area contributed by atoms with E-state index in [4.69, 9.17) is 11.6 Å². The maximum Gasteiger partial charge on any atom is 0.242 e. The van der Waals surface area contributed by atoms with Crippen molar-refractivity contribution in [3.05, 3.63) is 71.8 Å². The maximum atomic E-state index is 12.8. The van der Waals surface area contributed by atoms with Crippen molar-refractivity contribution in [3.8, 4) is 0 Å². The average molecular weight is 443 g/mol. The summed E-state index contributed by atoms with van der Waals surface area (Å²) >= 11 is 7.02. The molecule has 2 aromatic carbocycles. The zero-order chi connectivity index (χ0) is 21.7. The van der Waals surface area contributed by atoms with Gasteiger partial charge in [-0.1, -0.05) is 41.6 Å². The minimum atomic E-state index is -1.28. The van der Waals surface area contributed by atoms with Crippen LogP contribution in [0.25, 0.3) is 0 Å². The number of thioether (sulfide) groups is 1. The van der Waals surface area contributed by atoms with Crippen molar-refractivity contribution in [2.24, 2.45) is 4.99 Å². The molecule has 1 aliphatic heterocycles. The topological polar surface area (TPSA) is 102 Å². The predicted octanol–water partition coefficient (Wildman–Crippen LogP) is 2.85. The van der Waals surface area contributed by atoms with Crippen LogP contribution in [0.5, 0.6) is 0 Å². The summed E-state index contributed by atoms with van der Waals surface area (Å²) in [4.78, 5) is 41.9. The first kappa shape index (κ1) is 21.6. The molecule has 1 N–H and O–H groups in total. The van der Waals surface area contributed by atoms with Gasteiger partial charge in [-0.25, -0.2) is 4.99 Å². The predicted molar refractivity (Wildman–Crippen MR) is 116 cm³/mol. The fraction of sp³-hybridized carbons (Fsp3) is 0.143. The highest BCUT2D eigenvalue weighted by atomic mass is 35.5. The molecule has 3 rings (SSSR count). The van der Waals surface area contributed by atoms with E-state index in [1.54, 1.807) is 30.3 Å². The number of nitrogens with one attached hydrogen (secondary N) is 1. The zero-order valence-electron chi connectivity index (χ0n) is 15.7. The van der Waals surface area contributed by atoms with E-state index in [-0.39, 0.29) is 30.3 Å². The number of rotatable bonds is 7. The van der Waals surface area contributed by atoms with Gasteiger partial charge in [0.1, 0.15) is 5.25 Å². The molecule has 2 aromatic rings. The molecule has 7 nitrogen and oxygen atoms in total. The Balaban J connectivity index is 1.73. The molecule has 0 bridgehead atoms. The van der Waals surface area contributed by atoms with Crippen LogP contribution >= 0.6 is 23.4 Å². The van der Waals surface area contributed by atoms with Gasteiger partial charge < -0.3 is 15.2 Å². The molecular formula is C21H17ClN3O4S-. The van der Waals surface area contributed by atoms with Crippen LogP contribution in [0.1, 0.15) is 16.8 Å². The number of carbonyl (C=O) groups is 3. The van der Waals surface area contributed by atoms with Crippen LogP contribution in [-0.4, -0.2) is 39.6 Å². The summed E-state index contributed by atoms with van der Waals surface area (Å²) in [6.07, 6.45) is 1.55. The number of carbonyl (C=O) groups excluding carboxylic acids is 3. The molecule has 1 fully saturated rings. The zero-order valence-corrected chi connectivity index (χ0v) is 17.3. The molecule has 0 unspecified atom stereocenters. The Morgan fingerprint density at radius 1 is 1.20 bits per heavy atom. The van der Waals surface area contributed by atoms with Crippen LogP contribution in [-0.2, 0) is 9.59 Å². The van der Waals surface area contributed by atoms with Gasteiger partial charge in [0, 0.05) is 23.7 Å². The first-order valence-electron chi connectivity index (χ1n) is 8.92. The van der Waals surface area contributed by atoms with Crippen molar-refractivity contribution < 1.29 is 19.5 Å². The summed E-state index contributed by atoms with van der Waals surface area (Å²) in [5.74, 6) is -1.82. The van der Waals surface area contributed by atoms with E-state index in [2.05, 4.69) is 16.9 Å². The lowest BCUT2D eigenvalue weighted by Crippen LogP contribution is -2.33. The third kappa shape index (κ3) is 5.28. The molecular weight excluding hydrogens is 426 g/mol. The third-order valence-electron chi connectivity index (χ3n) is 4.16. The minimum Gasteiger partial charge on any atom is -0.545 e. The monoisotopic (exact) mass is 442 g/mol. The quantitative estimate of drug-likeness (QED) is 0.664. The van der Waals surface area contributed by atoms with E-state index in [1.807, 2.05) is 0 Å². The van der Waals surface area contributed by atoms with Gasteiger partial charge in [-0.2, -0.15) is 0 Å². The Kier molecular flexibility index (Phi) is 6.91. The van der Waals surface area contributed by atoms with Crippen molar-refractivity contribution in [2.75, 3.05) is 11.9 Å². The fourth-order valence-corrected chi connectivity index (χ4v) is 4.01. The largest absolute Gasteiger partial charge is 0.545 e. The van der Waals surface area contributed by atoms with Gasteiger partial charge in [0.15, 0.2) is 5.17 Å². The summed E-state index contributed by atoms with van der Waals surface area (Å²) in [5.41, 5.74) is 1.11. The first-order chi connectivity index (χ1) is 14.4. The summed E-state index contributed by atoms with van der Waals surface area (Å²) in [6, 6.07) is 12.5. The van der Waals surface area contributed by atoms with E-state index < -0.39 is 11.2 Å². The van der Waals surface area contributed by atoms with Gasteiger partial charge in [0.05, 0.1) is 11.7 Å². The van der Waals surface area contributed by atoms with Crippen LogP contribution in [0.4, 0.5) is 11.4 Å². The Morgan fingerprint density at radius 3 is 2.47 bits per heavy atom. The molecule has 1 aliphatic rings. The van der Waals surface area contributed by atoms with Crippen LogP contribution in [0, 0.1) is 0 Å². The standard InChI is InChI=1S/C21H18ClN3O4S/c1-2-11-25-19(27)17(12-18(26)23-15-9-5-14(22)6-10-15)30-21(25)24-16-7-3-13(4-8-16)20(28)29/h2-10,17H,1,11-12H2,(H,23,26)(H,28,29)/p-1/t17-/m1/s1. The second-order valence-corrected chi connectivity index (χ2v) is 7.94. The molecule has 0 aromatic heterocycles. The van der Waals surface area contributed by atoms with Crippen molar-refractivity contribution in [2.45, 2.75) is 11.7 Å². The van der Waals surface area contributed by atoms with E-state index in [0.717, 1.165) is 0 Å². The van der Waals surface area contributed by atoms with E-state index in [9.17, 15) is 19.5 Å². The summed E-state index contributed by atoms with van der Waals surface area (Å²) in [7, 11) is 0. The third-order valence-corrected chi connectivity index (χ3v) is 5.59. The summed E-state index contributed by atoms with van der Waals surface area (Å²) < 4.78 is 0. The number of carboxylic acid groups (broad SMARTS) is 1. The summed E-state index contributed by atoms with van der Waals surface area (Å²) in [6.45, 7) is 3.91. The van der Waals surface area contributed by atoms with Crippen LogP contribution in [0.15, 0.2) is 66.2 Å². The Bertz CT molecular complexity index is 1010. The van der Waals surface area contributed by atoms with Gasteiger partial charge in [-0.15, -0.1) is 6.58 Å². The van der Waals surface area contributed by atoms with Crippen LogP contribution < -0.4 is 10.4 Å². The fourth-order valence-electron chi connectivity index (χ4n) is 2.72. The van der Waals surface area contributed by atoms with Gasteiger partial charge in [-0.3, -0.25) is 14.5 Å². The van der Waals surface area contributed by atoms with Gasteiger partial charge in [0.2, 0.25) is 11.8 Å². The van der Waals surface area contributed by atoms with Crippen molar-refractivity contribution in [1.82, 2.24) is 4.90 Å². The van der Waals surface area contributed by atoms with Crippen LogP contribution in [0.2, 0.25) is 5.02 Å². The molecule has 1 heterocycles. The molecule has 30 heavy (non-hydrogen) atoms. The minimum absolute atomic E-state index is 0.0254. The molecule has 1 atom stereocenters. The number of amides is 2. The van der Waals surface area contributed by atoms with Gasteiger partial charge in [-0.05, 0) is 42.0 Å². The number of hydrogen-bond acceptors (Lipinski definition) is 6. The molecule has 154 valence electrons. The van der Waals surface area contributed by atoms with Crippen molar-refractivity contribution in [1.29, 1.82) is 0 Å². The number of anilines is 1. The number of aromatic carboxylic acids is 1. The van der Waals surface area contributed by atoms with Crippen molar-refractivity contribution >= 4 is 57.7 Å². The molecule has 9 heteroatoms. The number of amidine groups is 1. The second kappa shape index (κ2) is 9.60. The Labute approximate surface area is 182 Å². The summed E-state index contributed by atoms with van der Waals surface area (Å²) in [5, 5.41) is 14.0. The molecule has 1 saturated heterocycles. The normalized spacial score (nSPS) is 17.2. The highest BCUT2D eigenvalue weighted by Gasteiger charge is 2.38. The molecule has 2 amide bonds. The number of benzene rings is 2. The smallest absolute Gasteiger partial charge is 0.242 e. The van der Waals surface area contributed by atoms with E-state index in [0.29, 0.717) is 21.6 Å². The molecule has 0 spiro atoms. The number of aliphatic imine (C=N–C) groups is 1. The highest BCUT2D eigenvalue weighted by Crippen LogP contribution is 2.32. The van der Waals surface area contributed by atoms with E-state index >= 15 is 0 Å². The molecule has 0 saturated carbocycles. The van der Waals surface area contributed by atoms with Crippen molar-refractivity contribution in [3.63, 3.8) is 0 Å². The number of nitrogens with zero attached hydrogens (tertiary/aromatic N) is 2. The second-order valence-electron chi connectivity index (χ2n) is 6.33. The number of carboxylic acids is 1. The maximum absolute atomic E-state index is 12.8. The van der Waals surface area contributed by atoms with Gasteiger partial charge in [0.25, 0.3) is 0 Å². The SMILES string of the molecule is C=CCN1C(=O)[C@@H](CC(=O)Nc2ccc(Cl)cc2)SC1=Nc1ccc(C(=O)[O-])cc1. The number of halogens is 1. The first-order valence-corrected chi connectivity index (χ1v) is 10.2. The molecule has 0 radical (unpaired) electrons. The van der Waals surface area contributed by atoms with Gasteiger partial charge >= 0.3 is 0 Å². The Morgan fingerprint density at radius 2 is 1.87 bits per heavy atom. The lowest BCUT2D eigenvalue weighted by atomic mass is 10.2. The lowest BCUT2D eigenvalue weighted by molar-refractivity contribution is -0.255. The number of hydrogen-bond donors (Lipinski definition) is 1. The Hall–Kier alpha value is -3.10.